The van der Waals surface area contributed by atoms with Crippen LogP contribution in [0.25, 0.3) is 33.6 Å². The van der Waals surface area contributed by atoms with Crippen LogP contribution >= 0.6 is 15.9 Å². The zero-order valence-electron chi connectivity index (χ0n) is 21.7. The number of rotatable bonds is 4. The zero-order chi connectivity index (χ0) is 25.7. The number of para-hydroxylation sites is 1. The summed E-state index contributed by atoms with van der Waals surface area (Å²) in [5.41, 5.74) is 7.47. The van der Waals surface area contributed by atoms with Gasteiger partial charge in [-0.25, -0.2) is 4.57 Å². The summed E-state index contributed by atoms with van der Waals surface area (Å²) >= 11 is 3.69. The Morgan fingerprint density at radius 2 is 1.65 bits per heavy atom. The highest BCUT2D eigenvalue weighted by atomic mass is 79.9. The van der Waals surface area contributed by atoms with E-state index in [-0.39, 0.29) is 5.41 Å². The van der Waals surface area contributed by atoms with Crippen LogP contribution in [-0.2, 0) is 12.0 Å². The number of hydrogen-bond acceptors (Lipinski definition) is 1. The van der Waals surface area contributed by atoms with E-state index in [4.69, 9.17) is 0 Å². The van der Waals surface area contributed by atoms with E-state index >= 15 is 0 Å². The maximum Gasteiger partial charge on any atom is 0.287 e. The highest BCUT2D eigenvalue weighted by Gasteiger charge is 2.37. The van der Waals surface area contributed by atoms with Crippen LogP contribution in [0.5, 0.6) is 0 Å². The predicted molar refractivity (Wildman–Crippen MR) is 159 cm³/mol. The van der Waals surface area contributed by atoms with Crippen molar-refractivity contribution in [1.29, 1.82) is 0 Å². The second-order valence-corrected chi connectivity index (χ2v) is 11.1. The molecule has 0 fully saturated rings. The molecule has 1 aliphatic rings. The maximum atomic E-state index is 3.69. The van der Waals surface area contributed by atoms with Gasteiger partial charge in [-0.2, -0.15) is 4.57 Å². The van der Waals surface area contributed by atoms with Gasteiger partial charge in [-0.1, -0.05) is 84.4 Å². The molecule has 0 N–H and O–H groups in total. The van der Waals surface area contributed by atoms with Gasteiger partial charge in [0.1, 0.15) is 5.69 Å². The lowest BCUT2D eigenvalue weighted by molar-refractivity contribution is -0.670. The fraction of sp³-hybridized carbons (Fsp3) is 0.182. The minimum atomic E-state index is -0.0493. The third kappa shape index (κ3) is 3.82. The second-order valence-electron chi connectivity index (χ2n) is 10.2. The minimum absolute atomic E-state index is 0.0493. The number of aromatic nitrogens is 2. The standard InChI is InChI=1S/C33H31BrN3/c1-5-36-30-22-25(34)18-20-29(30)37(26-19-17-23-11-6-7-12-24(23)21-26)32(36)16-10-15-31-33(2,3)27-13-8-9-14-28(27)35(31)4/h6-22H,5H2,1-4H3/q+1. The molecular formula is C33H31BrN3+. The molecule has 1 aromatic heterocycles. The van der Waals surface area contributed by atoms with Gasteiger partial charge in [0, 0.05) is 40.5 Å². The third-order valence-electron chi connectivity index (χ3n) is 7.72. The van der Waals surface area contributed by atoms with Crippen molar-refractivity contribution >= 4 is 49.5 Å². The Labute approximate surface area is 227 Å². The molecule has 0 aliphatic carbocycles. The van der Waals surface area contributed by atoms with Crippen molar-refractivity contribution in [3.05, 3.63) is 119 Å². The van der Waals surface area contributed by atoms with Gasteiger partial charge < -0.3 is 4.90 Å². The predicted octanol–water partition coefficient (Wildman–Crippen LogP) is 8.18. The summed E-state index contributed by atoms with van der Waals surface area (Å²) in [6.45, 7) is 7.71. The lowest BCUT2D eigenvalue weighted by atomic mass is 9.84. The third-order valence-corrected chi connectivity index (χ3v) is 8.22. The summed E-state index contributed by atoms with van der Waals surface area (Å²) < 4.78 is 5.86. The van der Waals surface area contributed by atoms with Gasteiger partial charge in [0.2, 0.25) is 0 Å². The molecule has 1 aliphatic heterocycles. The van der Waals surface area contributed by atoms with Gasteiger partial charge in [-0.3, -0.25) is 0 Å². The van der Waals surface area contributed by atoms with Crippen LogP contribution in [0.15, 0.2) is 107 Å². The summed E-state index contributed by atoms with van der Waals surface area (Å²) in [5, 5.41) is 2.49. The number of nitrogens with zero attached hydrogens (tertiary/aromatic N) is 3. The molecule has 4 aromatic carbocycles. The molecule has 6 rings (SSSR count). The molecule has 0 saturated heterocycles. The van der Waals surface area contributed by atoms with Crippen molar-refractivity contribution in [2.75, 3.05) is 11.9 Å². The number of hydrogen-bond donors (Lipinski definition) is 0. The van der Waals surface area contributed by atoms with E-state index in [1.165, 1.54) is 38.8 Å². The van der Waals surface area contributed by atoms with E-state index in [1.54, 1.807) is 0 Å². The van der Waals surface area contributed by atoms with E-state index in [0.29, 0.717) is 0 Å². The molecule has 0 unspecified atom stereocenters. The summed E-state index contributed by atoms with van der Waals surface area (Å²) in [5.74, 6) is 1.15. The number of benzene rings is 4. The van der Waals surface area contributed by atoms with Crippen LogP contribution in [0.2, 0.25) is 0 Å². The smallest absolute Gasteiger partial charge is 0.287 e. The Morgan fingerprint density at radius 1 is 0.892 bits per heavy atom. The molecule has 0 radical (unpaired) electrons. The average Bonchev–Trinajstić information content (AvgIpc) is 3.31. The van der Waals surface area contributed by atoms with Crippen molar-refractivity contribution in [3.8, 4) is 5.69 Å². The number of halogens is 1. The Bertz CT molecular complexity index is 1720. The first-order valence-corrected chi connectivity index (χ1v) is 13.6. The van der Waals surface area contributed by atoms with Gasteiger partial charge >= 0.3 is 0 Å². The highest BCUT2D eigenvalue weighted by Crippen LogP contribution is 2.46. The lowest BCUT2D eigenvalue weighted by Gasteiger charge is -2.23. The normalized spacial score (nSPS) is 15.9. The molecule has 184 valence electrons. The lowest BCUT2D eigenvalue weighted by Crippen LogP contribution is -2.35. The Morgan fingerprint density at radius 3 is 2.43 bits per heavy atom. The molecule has 2 heterocycles. The Kier molecular flexibility index (Phi) is 5.80. The molecule has 5 aromatic rings. The molecule has 0 atom stereocenters. The van der Waals surface area contributed by atoms with Gasteiger partial charge in [-0.15, -0.1) is 0 Å². The summed E-state index contributed by atoms with van der Waals surface area (Å²) in [7, 11) is 2.17. The van der Waals surface area contributed by atoms with Crippen molar-refractivity contribution in [3.63, 3.8) is 0 Å². The van der Waals surface area contributed by atoms with Gasteiger partial charge in [-0.05, 0) is 59.7 Å². The number of fused-ring (bicyclic) bond motifs is 3. The van der Waals surface area contributed by atoms with Crippen LogP contribution in [0.4, 0.5) is 5.69 Å². The van der Waals surface area contributed by atoms with Crippen molar-refractivity contribution < 1.29 is 4.57 Å². The number of allylic oxidation sites excluding steroid dienone is 3. The van der Waals surface area contributed by atoms with Gasteiger partial charge in [0.25, 0.3) is 5.82 Å². The number of aryl methyl sites for hydroxylation is 1. The van der Waals surface area contributed by atoms with E-state index in [2.05, 4.69) is 161 Å². The van der Waals surface area contributed by atoms with Gasteiger partial charge in [0.05, 0.1) is 6.54 Å². The quantitative estimate of drug-likeness (QED) is 0.206. The first kappa shape index (κ1) is 23.7. The van der Waals surface area contributed by atoms with E-state index in [0.717, 1.165) is 22.5 Å². The van der Waals surface area contributed by atoms with Crippen LogP contribution < -0.4 is 9.47 Å². The van der Waals surface area contributed by atoms with Crippen LogP contribution in [0.1, 0.15) is 32.2 Å². The van der Waals surface area contributed by atoms with Gasteiger partial charge in [0.15, 0.2) is 11.0 Å². The highest BCUT2D eigenvalue weighted by molar-refractivity contribution is 9.10. The Balaban J connectivity index is 1.52. The number of likely N-dealkylation sites (N-methyl/N-ethyl adjacent to an activating group) is 1. The summed E-state index contributed by atoms with van der Waals surface area (Å²) in [6.07, 6.45) is 6.75. The number of imidazole rings is 1. The topological polar surface area (TPSA) is 12.1 Å². The summed E-state index contributed by atoms with van der Waals surface area (Å²) in [6, 6.07) is 30.6. The van der Waals surface area contributed by atoms with E-state index in [1.807, 2.05) is 0 Å². The Hall–Kier alpha value is -3.63. The van der Waals surface area contributed by atoms with Crippen LogP contribution in [0.3, 0.4) is 0 Å². The van der Waals surface area contributed by atoms with E-state index in [9.17, 15) is 0 Å². The molecule has 4 heteroatoms. The molecule has 0 amide bonds. The summed E-state index contributed by atoms with van der Waals surface area (Å²) in [4.78, 5) is 2.32. The zero-order valence-corrected chi connectivity index (χ0v) is 23.3. The fourth-order valence-electron chi connectivity index (χ4n) is 5.88. The first-order valence-electron chi connectivity index (χ1n) is 12.8. The molecular weight excluding hydrogens is 518 g/mol. The van der Waals surface area contributed by atoms with Crippen molar-refractivity contribution in [2.24, 2.45) is 0 Å². The van der Waals surface area contributed by atoms with Crippen molar-refractivity contribution in [2.45, 2.75) is 32.7 Å². The van der Waals surface area contributed by atoms with Crippen LogP contribution in [0, 0.1) is 0 Å². The van der Waals surface area contributed by atoms with Crippen LogP contribution in [-0.4, -0.2) is 11.6 Å². The monoisotopic (exact) mass is 548 g/mol. The first-order chi connectivity index (χ1) is 17.9. The molecule has 0 saturated carbocycles. The fourth-order valence-corrected chi connectivity index (χ4v) is 6.23. The largest absolute Gasteiger partial charge is 0.347 e. The van der Waals surface area contributed by atoms with Crippen molar-refractivity contribution in [1.82, 2.24) is 4.57 Å². The SMILES string of the molecule is CC[n+]1c(/C=C/C=C2/N(C)c3ccccc3C2(C)C)n(-c2ccc3ccccc3c2)c2ccc(Br)cc21. The average molecular weight is 550 g/mol. The molecule has 37 heavy (non-hydrogen) atoms. The second kappa shape index (κ2) is 9.04. The molecule has 0 spiro atoms. The molecule has 3 nitrogen and oxygen atoms in total. The van der Waals surface area contributed by atoms with E-state index < -0.39 is 0 Å². The minimum Gasteiger partial charge on any atom is -0.347 e. The maximum absolute atomic E-state index is 3.69. The molecule has 0 bridgehead atoms. The number of anilines is 1.